The molecule has 20 heavy (non-hydrogen) atoms. The predicted molar refractivity (Wildman–Crippen MR) is 82.2 cm³/mol. The number of carbonyl (C=O) groups is 2. The van der Waals surface area contributed by atoms with Crippen LogP contribution in [0.1, 0.15) is 32.6 Å². The standard InChI is InChI=1S/C14H18Cl2N2O2/c1-2-3-4-7-17-13(19)9-14(20)18-10-5-6-11(15)12(16)8-10/h5-6,8H,2-4,7,9H2,1H3,(H,17,19)(H,18,20). The molecule has 1 aromatic carbocycles. The van der Waals surface area contributed by atoms with Crippen LogP contribution in [0.4, 0.5) is 5.69 Å². The normalized spacial score (nSPS) is 10.2. The van der Waals surface area contributed by atoms with Gasteiger partial charge in [-0.15, -0.1) is 0 Å². The molecule has 2 N–H and O–H groups in total. The van der Waals surface area contributed by atoms with E-state index in [1.54, 1.807) is 18.2 Å². The van der Waals surface area contributed by atoms with Gasteiger partial charge in [-0.05, 0) is 24.6 Å². The minimum absolute atomic E-state index is 0.202. The number of carbonyl (C=O) groups excluding carboxylic acids is 2. The van der Waals surface area contributed by atoms with Gasteiger partial charge in [-0.2, -0.15) is 0 Å². The molecule has 0 aliphatic rings. The first-order valence-electron chi connectivity index (χ1n) is 6.54. The number of rotatable bonds is 7. The van der Waals surface area contributed by atoms with Gasteiger partial charge in [0.1, 0.15) is 6.42 Å². The molecular formula is C14H18Cl2N2O2. The summed E-state index contributed by atoms with van der Waals surface area (Å²) in [6, 6.07) is 4.76. The van der Waals surface area contributed by atoms with Crippen LogP contribution in [-0.4, -0.2) is 18.4 Å². The monoisotopic (exact) mass is 316 g/mol. The summed E-state index contributed by atoms with van der Waals surface area (Å²) in [7, 11) is 0. The smallest absolute Gasteiger partial charge is 0.233 e. The highest BCUT2D eigenvalue weighted by atomic mass is 35.5. The van der Waals surface area contributed by atoms with Crippen LogP contribution in [0.5, 0.6) is 0 Å². The maximum Gasteiger partial charge on any atom is 0.233 e. The molecular weight excluding hydrogens is 299 g/mol. The third-order valence-corrected chi connectivity index (χ3v) is 3.37. The number of hydrogen-bond donors (Lipinski definition) is 2. The summed E-state index contributed by atoms with van der Waals surface area (Å²) in [5.74, 6) is -0.657. The summed E-state index contributed by atoms with van der Waals surface area (Å²) >= 11 is 11.6. The summed E-state index contributed by atoms with van der Waals surface area (Å²) in [5.41, 5.74) is 0.517. The molecule has 0 aliphatic heterocycles. The Balaban J connectivity index is 2.35. The van der Waals surface area contributed by atoms with Gasteiger partial charge < -0.3 is 10.6 Å². The van der Waals surface area contributed by atoms with Crippen molar-refractivity contribution in [1.82, 2.24) is 5.32 Å². The van der Waals surface area contributed by atoms with Crippen molar-refractivity contribution >= 4 is 40.7 Å². The van der Waals surface area contributed by atoms with Gasteiger partial charge in [0, 0.05) is 12.2 Å². The fourth-order valence-corrected chi connectivity index (χ4v) is 1.89. The lowest BCUT2D eigenvalue weighted by atomic mass is 10.2. The van der Waals surface area contributed by atoms with Gasteiger partial charge >= 0.3 is 0 Å². The molecule has 0 spiro atoms. The molecule has 0 fully saturated rings. The van der Waals surface area contributed by atoms with Crippen molar-refractivity contribution in [3.63, 3.8) is 0 Å². The molecule has 0 aliphatic carbocycles. The lowest BCUT2D eigenvalue weighted by Gasteiger charge is -2.07. The van der Waals surface area contributed by atoms with E-state index >= 15 is 0 Å². The number of hydrogen-bond acceptors (Lipinski definition) is 2. The zero-order valence-corrected chi connectivity index (χ0v) is 12.9. The maximum absolute atomic E-state index is 11.7. The van der Waals surface area contributed by atoms with E-state index < -0.39 is 0 Å². The van der Waals surface area contributed by atoms with Crippen molar-refractivity contribution in [3.05, 3.63) is 28.2 Å². The minimum atomic E-state index is -0.378. The molecule has 6 heteroatoms. The van der Waals surface area contributed by atoms with Gasteiger partial charge in [0.15, 0.2) is 0 Å². The Bertz CT molecular complexity index is 478. The molecule has 0 saturated heterocycles. The summed E-state index contributed by atoms with van der Waals surface area (Å²) < 4.78 is 0. The van der Waals surface area contributed by atoms with Crippen LogP contribution < -0.4 is 10.6 Å². The maximum atomic E-state index is 11.7. The number of benzene rings is 1. The molecule has 0 saturated carbocycles. The van der Waals surface area contributed by atoms with E-state index in [1.807, 2.05) is 0 Å². The second-order valence-corrected chi connectivity index (χ2v) is 5.23. The van der Waals surface area contributed by atoms with Crippen LogP contribution in [0.3, 0.4) is 0 Å². The van der Waals surface area contributed by atoms with E-state index in [9.17, 15) is 9.59 Å². The Kier molecular flexibility index (Phi) is 7.41. The van der Waals surface area contributed by atoms with Gasteiger partial charge in [0.25, 0.3) is 0 Å². The number of nitrogens with one attached hydrogen (secondary N) is 2. The molecule has 0 radical (unpaired) electrons. The highest BCUT2D eigenvalue weighted by molar-refractivity contribution is 6.42. The molecule has 2 amide bonds. The Labute approximate surface area is 128 Å². The van der Waals surface area contributed by atoms with Crippen molar-refractivity contribution in [2.75, 3.05) is 11.9 Å². The number of unbranched alkanes of at least 4 members (excludes halogenated alkanes) is 2. The minimum Gasteiger partial charge on any atom is -0.356 e. The fourth-order valence-electron chi connectivity index (χ4n) is 1.59. The Morgan fingerprint density at radius 3 is 2.50 bits per heavy atom. The molecule has 1 aromatic rings. The molecule has 0 aromatic heterocycles. The van der Waals surface area contributed by atoms with E-state index in [1.165, 1.54) is 0 Å². The largest absolute Gasteiger partial charge is 0.356 e. The first kappa shape index (κ1) is 16.8. The van der Waals surface area contributed by atoms with Gasteiger partial charge in [-0.3, -0.25) is 9.59 Å². The first-order chi connectivity index (χ1) is 9.52. The lowest BCUT2D eigenvalue weighted by Crippen LogP contribution is -2.28. The Hall–Kier alpha value is -1.26. The van der Waals surface area contributed by atoms with Crippen LogP contribution in [0.15, 0.2) is 18.2 Å². The van der Waals surface area contributed by atoms with Gasteiger partial charge in [-0.1, -0.05) is 43.0 Å². The van der Waals surface area contributed by atoms with Crippen molar-refractivity contribution in [1.29, 1.82) is 0 Å². The summed E-state index contributed by atoms with van der Waals surface area (Å²) in [5, 5.41) is 6.08. The zero-order valence-electron chi connectivity index (χ0n) is 11.3. The van der Waals surface area contributed by atoms with Crippen LogP contribution >= 0.6 is 23.2 Å². The van der Waals surface area contributed by atoms with E-state index in [0.717, 1.165) is 19.3 Å². The quantitative estimate of drug-likeness (QED) is 0.596. The lowest BCUT2D eigenvalue weighted by molar-refractivity contribution is -0.126. The molecule has 1 rings (SSSR count). The topological polar surface area (TPSA) is 58.2 Å². The third kappa shape index (κ3) is 6.26. The Morgan fingerprint density at radius 1 is 1.10 bits per heavy atom. The first-order valence-corrected chi connectivity index (χ1v) is 7.30. The van der Waals surface area contributed by atoms with Crippen LogP contribution in [0, 0.1) is 0 Å². The molecule has 0 unspecified atom stereocenters. The van der Waals surface area contributed by atoms with E-state index in [-0.39, 0.29) is 18.2 Å². The zero-order chi connectivity index (χ0) is 15.0. The van der Waals surface area contributed by atoms with Crippen LogP contribution in [0.2, 0.25) is 10.0 Å². The van der Waals surface area contributed by atoms with E-state index in [0.29, 0.717) is 22.3 Å². The summed E-state index contributed by atoms with van der Waals surface area (Å²) in [6.07, 6.45) is 2.88. The Morgan fingerprint density at radius 2 is 1.85 bits per heavy atom. The second kappa shape index (κ2) is 8.82. The number of halogens is 2. The van der Waals surface area contributed by atoms with Crippen molar-refractivity contribution < 1.29 is 9.59 Å². The fraction of sp³-hybridized carbons (Fsp3) is 0.429. The van der Waals surface area contributed by atoms with Crippen LogP contribution in [-0.2, 0) is 9.59 Å². The SMILES string of the molecule is CCCCCNC(=O)CC(=O)Nc1ccc(Cl)c(Cl)c1. The van der Waals surface area contributed by atoms with E-state index in [2.05, 4.69) is 17.6 Å². The molecule has 110 valence electrons. The number of anilines is 1. The van der Waals surface area contributed by atoms with Crippen molar-refractivity contribution in [2.45, 2.75) is 32.6 Å². The van der Waals surface area contributed by atoms with Gasteiger partial charge in [-0.25, -0.2) is 0 Å². The highest BCUT2D eigenvalue weighted by Crippen LogP contribution is 2.24. The summed E-state index contributed by atoms with van der Waals surface area (Å²) in [4.78, 5) is 23.2. The van der Waals surface area contributed by atoms with Gasteiger partial charge in [0.2, 0.25) is 11.8 Å². The van der Waals surface area contributed by atoms with Crippen molar-refractivity contribution in [3.8, 4) is 0 Å². The van der Waals surface area contributed by atoms with Crippen molar-refractivity contribution in [2.24, 2.45) is 0 Å². The van der Waals surface area contributed by atoms with Gasteiger partial charge in [0.05, 0.1) is 10.0 Å². The molecule has 0 bridgehead atoms. The average molecular weight is 317 g/mol. The average Bonchev–Trinajstić information content (AvgIpc) is 2.39. The van der Waals surface area contributed by atoms with E-state index in [4.69, 9.17) is 23.2 Å². The third-order valence-electron chi connectivity index (χ3n) is 2.63. The van der Waals surface area contributed by atoms with Crippen LogP contribution in [0.25, 0.3) is 0 Å². The predicted octanol–water partition coefficient (Wildman–Crippen LogP) is 3.63. The molecule has 0 heterocycles. The second-order valence-electron chi connectivity index (χ2n) is 4.41. The molecule has 4 nitrogen and oxygen atoms in total. The number of amides is 2. The highest BCUT2D eigenvalue weighted by Gasteiger charge is 2.09. The molecule has 0 atom stereocenters. The summed E-state index contributed by atoms with van der Waals surface area (Å²) in [6.45, 7) is 2.69.